The highest BCUT2D eigenvalue weighted by atomic mass is 32.2. The molecule has 0 spiro atoms. The summed E-state index contributed by atoms with van der Waals surface area (Å²) in [5, 5.41) is 8.78. The summed E-state index contributed by atoms with van der Waals surface area (Å²) < 4.78 is 16.5. The fourth-order valence-corrected chi connectivity index (χ4v) is 4.21. The van der Waals surface area contributed by atoms with Crippen LogP contribution in [0.5, 0.6) is 17.2 Å². The van der Waals surface area contributed by atoms with Crippen LogP contribution in [-0.4, -0.2) is 37.7 Å². The maximum atomic E-state index is 10.7. The van der Waals surface area contributed by atoms with Crippen LogP contribution in [0.15, 0.2) is 77.7 Å². The number of methoxy groups -OCH3 is 2. The molecule has 0 aromatic heterocycles. The van der Waals surface area contributed by atoms with Gasteiger partial charge in [0.15, 0.2) is 6.61 Å². The van der Waals surface area contributed by atoms with E-state index < -0.39 is 5.97 Å². The van der Waals surface area contributed by atoms with E-state index in [0.717, 1.165) is 44.4 Å². The van der Waals surface area contributed by atoms with Gasteiger partial charge in [0, 0.05) is 21.8 Å². The standard InChI is InChI=1S/C26H26O5S/c1-18-16-19(31-17-26(27)28)12-13-25(18)32-15-14-20(21-8-4-6-10-23(21)29-2)22-9-5-7-11-24(22)30-3/h4-14,16H,15,17H2,1-3H3,(H,27,28). The Hall–Kier alpha value is -3.38. The molecule has 0 saturated carbocycles. The quantitative estimate of drug-likeness (QED) is 0.400. The molecule has 0 bridgehead atoms. The molecule has 0 saturated heterocycles. The molecule has 3 aromatic rings. The molecule has 0 radical (unpaired) electrons. The Bertz CT molecular complexity index is 1060. The van der Waals surface area contributed by atoms with Crippen LogP contribution in [0.2, 0.25) is 0 Å². The second-order valence-electron chi connectivity index (χ2n) is 6.94. The van der Waals surface area contributed by atoms with Crippen LogP contribution in [0, 0.1) is 6.92 Å². The first-order valence-corrected chi connectivity index (χ1v) is 11.1. The van der Waals surface area contributed by atoms with Crippen molar-refractivity contribution in [3.05, 3.63) is 89.5 Å². The lowest BCUT2D eigenvalue weighted by Gasteiger charge is -2.16. The fourth-order valence-electron chi connectivity index (χ4n) is 3.33. The van der Waals surface area contributed by atoms with Crippen molar-refractivity contribution in [2.45, 2.75) is 11.8 Å². The van der Waals surface area contributed by atoms with Crippen molar-refractivity contribution < 1.29 is 24.1 Å². The van der Waals surface area contributed by atoms with E-state index in [2.05, 4.69) is 6.08 Å². The van der Waals surface area contributed by atoms with Crippen molar-refractivity contribution in [1.29, 1.82) is 0 Å². The minimum Gasteiger partial charge on any atom is -0.496 e. The molecule has 3 rings (SSSR count). The summed E-state index contributed by atoms with van der Waals surface area (Å²) in [6.07, 6.45) is 2.18. The number of carboxylic acid groups (broad SMARTS) is 1. The van der Waals surface area contributed by atoms with Crippen LogP contribution in [-0.2, 0) is 4.79 Å². The smallest absolute Gasteiger partial charge is 0.341 e. The van der Waals surface area contributed by atoms with Gasteiger partial charge in [0.2, 0.25) is 0 Å². The van der Waals surface area contributed by atoms with Crippen LogP contribution in [0.4, 0.5) is 0 Å². The molecule has 0 aliphatic heterocycles. The highest BCUT2D eigenvalue weighted by molar-refractivity contribution is 7.99. The summed E-state index contributed by atoms with van der Waals surface area (Å²) in [6.45, 7) is 1.64. The second kappa shape index (κ2) is 11.3. The number of hydrogen-bond acceptors (Lipinski definition) is 5. The lowest BCUT2D eigenvalue weighted by molar-refractivity contribution is -0.139. The van der Waals surface area contributed by atoms with E-state index in [9.17, 15) is 4.79 Å². The molecule has 0 aliphatic carbocycles. The van der Waals surface area contributed by atoms with Gasteiger partial charge in [0.25, 0.3) is 0 Å². The normalized spacial score (nSPS) is 10.3. The average molecular weight is 451 g/mol. The predicted octanol–water partition coefficient (Wildman–Crippen LogP) is 5.70. The Morgan fingerprint density at radius 2 is 1.53 bits per heavy atom. The summed E-state index contributed by atoms with van der Waals surface area (Å²) in [6, 6.07) is 21.5. The van der Waals surface area contributed by atoms with Crippen LogP contribution in [0.3, 0.4) is 0 Å². The molecule has 1 N–H and O–H groups in total. The molecule has 0 unspecified atom stereocenters. The van der Waals surface area contributed by atoms with Gasteiger partial charge < -0.3 is 19.3 Å². The number of benzene rings is 3. The number of para-hydroxylation sites is 2. The van der Waals surface area contributed by atoms with Gasteiger partial charge in [-0.05, 0) is 48.4 Å². The number of rotatable bonds is 10. The van der Waals surface area contributed by atoms with Gasteiger partial charge in [0.1, 0.15) is 17.2 Å². The molecule has 5 nitrogen and oxygen atoms in total. The molecular formula is C26H26O5S. The summed E-state index contributed by atoms with van der Waals surface area (Å²) in [5.74, 6) is 1.87. The summed E-state index contributed by atoms with van der Waals surface area (Å²) in [4.78, 5) is 11.8. The third kappa shape index (κ3) is 5.86. The van der Waals surface area contributed by atoms with Crippen molar-refractivity contribution in [3.63, 3.8) is 0 Å². The molecular weight excluding hydrogens is 424 g/mol. The minimum atomic E-state index is -0.994. The topological polar surface area (TPSA) is 65.0 Å². The molecule has 32 heavy (non-hydrogen) atoms. The molecule has 0 amide bonds. The predicted molar refractivity (Wildman–Crippen MR) is 128 cm³/mol. The molecule has 3 aromatic carbocycles. The SMILES string of the molecule is COc1ccccc1C(=CCSc1ccc(OCC(=O)O)cc1C)c1ccccc1OC. The summed E-state index contributed by atoms with van der Waals surface area (Å²) in [7, 11) is 3.34. The van der Waals surface area contributed by atoms with E-state index in [1.807, 2.05) is 67.6 Å². The number of hydrogen-bond donors (Lipinski definition) is 1. The molecule has 0 aliphatic rings. The van der Waals surface area contributed by atoms with E-state index in [1.165, 1.54) is 0 Å². The highest BCUT2D eigenvalue weighted by Gasteiger charge is 2.14. The van der Waals surface area contributed by atoms with Gasteiger partial charge in [-0.25, -0.2) is 4.79 Å². The second-order valence-corrected chi connectivity index (χ2v) is 8.00. The van der Waals surface area contributed by atoms with E-state index in [1.54, 1.807) is 32.0 Å². The number of aryl methyl sites for hydroxylation is 1. The van der Waals surface area contributed by atoms with Crippen LogP contribution in [0.25, 0.3) is 5.57 Å². The van der Waals surface area contributed by atoms with Crippen molar-refractivity contribution in [2.75, 3.05) is 26.6 Å². The lowest BCUT2D eigenvalue weighted by Crippen LogP contribution is -2.09. The number of aliphatic carboxylic acids is 1. The minimum absolute atomic E-state index is 0.351. The molecule has 166 valence electrons. The number of thioether (sulfide) groups is 1. The molecule has 0 fully saturated rings. The van der Waals surface area contributed by atoms with Gasteiger partial charge in [0.05, 0.1) is 14.2 Å². The lowest BCUT2D eigenvalue weighted by atomic mass is 9.96. The van der Waals surface area contributed by atoms with Crippen molar-refractivity contribution in [1.82, 2.24) is 0 Å². The van der Waals surface area contributed by atoms with Gasteiger partial charge in [-0.1, -0.05) is 42.5 Å². The van der Waals surface area contributed by atoms with Gasteiger partial charge in [-0.3, -0.25) is 0 Å². The largest absolute Gasteiger partial charge is 0.496 e. The van der Waals surface area contributed by atoms with Crippen molar-refractivity contribution in [2.24, 2.45) is 0 Å². The number of ether oxygens (including phenoxy) is 3. The van der Waals surface area contributed by atoms with Crippen molar-refractivity contribution >= 4 is 23.3 Å². The third-order valence-corrected chi connectivity index (χ3v) is 5.93. The van der Waals surface area contributed by atoms with Crippen LogP contribution < -0.4 is 14.2 Å². The van der Waals surface area contributed by atoms with Crippen LogP contribution in [0.1, 0.15) is 16.7 Å². The maximum absolute atomic E-state index is 10.7. The zero-order valence-corrected chi connectivity index (χ0v) is 19.1. The average Bonchev–Trinajstić information content (AvgIpc) is 2.81. The maximum Gasteiger partial charge on any atom is 0.341 e. The molecule has 0 atom stereocenters. The van der Waals surface area contributed by atoms with Crippen LogP contribution >= 0.6 is 11.8 Å². The number of carbonyl (C=O) groups is 1. The van der Waals surface area contributed by atoms with E-state index in [4.69, 9.17) is 19.3 Å². The van der Waals surface area contributed by atoms with Crippen molar-refractivity contribution in [3.8, 4) is 17.2 Å². The Kier molecular flexibility index (Phi) is 8.22. The van der Waals surface area contributed by atoms with E-state index >= 15 is 0 Å². The van der Waals surface area contributed by atoms with Gasteiger partial charge in [-0.2, -0.15) is 0 Å². The molecule has 6 heteroatoms. The van der Waals surface area contributed by atoms with E-state index in [-0.39, 0.29) is 6.61 Å². The zero-order chi connectivity index (χ0) is 22.9. The van der Waals surface area contributed by atoms with E-state index in [0.29, 0.717) is 5.75 Å². The van der Waals surface area contributed by atoms with Gasteiger partial charge >= 0.3 is 5.97 Å². The molecule has 0 heterocycles. The highest BCUT2D eigenvalue weighted by Crippen LogP contribution is 2.36. The first-order chi connectivity index (χ1) is 15.5. The summed E-state index contributed by atoms with van der Waals surface area (Å²) >= 11 is 1.69. The third-order valence-electron chi connectivity index (χ3n) is 4.83. The Morgan fingerprint density at radius 1 is 0.938 bits per heavy atom. The fraction of sp³-hybridized carbons (Fsp3) is 0.192. The Balaban J connectivity index is 1.88. The Morgan fingerprint density at radius 3 is 2.06 bits per heavy atom. The number of carboxylic acids is 1. The zero-order valence-electron chi connectivity index (χ0n) is 18.3. The first kappa shape index (κ1) is 23.3. The summed E-state index contributed by atoms with van der Waals surface area (Å²) in [5.41, 5.74) is 4.05. The van der Waals surface area contributed by atoms with Gasteiger partial charge in [-0.15, -0.1) is 11.8 Å². The first-order valence-electron chi connectivity index (χ1n) is 10.1. The monoisotopic (exact) mass is 450 g/mol. The Labute approximate surface area is 192 Å².